The molecule has 2 aromatic carbocycles. The number of hydrogen-bond donors (Lipinski definition) is 2. The summed E-state index contributed by atoms with van der Waals surface area (Å²) >= 11 is 2.15. The van der Waals surface area contributed by atoms with Gasteiger partial charge in [0.15, 0.2) is 0 Å². The molecular formula is C18H15IN4O5. The number of nitrogens with zero attached hydrogens (tertiary/aromatic N) is 2. The van der Waals surface area contributed by atoms with Gasteiger partial charge >= 0.3 is 6.09 Å². The molecule has 0 unspecified atom stereocenters. The number of hydrogen-bond acceptors (Lipinski definition) is 5. The fourth-order valence-corrected chi connectivity index (χ4v) is 3.23. The molecule has 1 aromatic heterocycles. The molecule has 3 rings (SSSR count). The summed E-state index contributed by atoms with van der Waals surface area (Å²) in [7, 11) is 1.70. The van der Waals surface area contributed by atoms with E-state index >= 15 is 0 Å². The Morgan fingerprint density at radius 2 is 1.93 bits per heavy atom. The summed E-state index contributed by atoms with van der Waals surface area (Å²) in [6.45, 7) is 1.36. The van der Waals surface area contributed by atoms with E-state index in [4.69, 9.17) is 4.74 Å². The van der Waals surface area contributed by atoms with E-state index in [0.29, 0.717) is 5.69 Å². The molecule has 10 heteroatoms. The third-order valence-electron chi connectivity index (χ3n) is 3.90. The highest BCUT2D eigenvalue weighted by molar-refractivity contribution is 14.1. The van der Waals surface area contributed by atoms with Crippen molar-refractivity contribution in [1.82, 2.24) is 4.57 Å². The number of carbonyl (C=O) groups is 2. The fraction of sp³-hybridized carbons (Fsp3) is 0.111. The first-order valence-electron chi connectivity index (χ1n) is 8.05. The average molecular weight is 494 g/mol. The van der Waals surface area contributed by atoms with Crippen LogP contribution in [0.3, 0.4) is 0 Å². The molecule has 0 aliphatic rings. The number of non-ortho nitro benzene ring substituents is 1. The number of aromatic nitrogens is 1. The summed E-state index contributed by atoms with van der Waals surface area (Å²) in [6.07, 6.45) is -0.840. The molecule has 0 saturated heterocycles. The molecule has 0 aliphatic heterocycles. The normalized spacial score (nSPS) is 10.5. The Balaban J connectivity index is 1.94. The topological polar surface area (TPSA) is 116 Å². The summed E-state index contributed by atoms with van der Waals surface area (Å²) in [5.74, 6) is -0.162. The van der Waals surface area contributed by atoms with Gasteiger partial charge in [-0.2, -0.15) is 0 Å². The number of benzene rings is 2. The Labute approximate surface area is 173 Å². The van der Waals surface area contributed by atoms with Crippen molar-refractivity contribution in [2.24, 2.45) is 7.05 Å². The minimum absolute atomic E-state index is 0.148. The van der Waals surface area contributed by atoms with Crippen LogP contribution in [0, 0.1) is 13.7 Å². The first-order chi connectivity index (χ1) is 13.3. The third kappa shape index (κ3) is 4.06. The number of nitro groups is 1. The molecule has 9 nitrogen and oxygen atoms in total. The van der Waals surface area contributed by atoms with Crippen molar-refractivity contribution in [2.75, 3.05) is 10.6 Å². The minimum Gasteiger partial charge on any atom is -0.391 e. The summed E-state index contributed by atoms with van der Waals surface area (Å²) in [6, 6.07) is 11.1. The van der Waals surface area contributed by atoms with Crippen LogP contribution in [0.5, 0.6) is 5.88 Å². The van der Waals surface area contributed by atoms with Crippen LogP contribution in [-0.2, 0) is 11.8 Å². The molecule has 0 fully saturated rings. The molecular weight excluding hydrogens is 479 g/mol. The lowest BCUT2D eigenvalue weighted by molar-refractivity contribution is -0.384. The van der Waals surface area contributed by atoms with Gasteiger partial charge in [0.1, 0.15) is 5.69 Å². The molecule has 0 radical (unpaired) electrons. The van der Waals surface area contributed by atoms with Gasteiger partial charge in [0.2, 0.25) is 11.8 Å². The summed E-state index contributed by atoms with van der Waals surface area (Å²) in [5, 5.41) is 16.7. The van der Waals surface area contributed by atoms with Gasteiger partial charge in [-0.3, -0.25) is 20.2 Å². The number of nitro benzene ring substituents is 1. The smallest absolute Gasteiger partial charge is 0.391 e. The van der Waals surface area contributed by atoms with Crippen molar-refractivity contribution >= 4 is 62.6 Å². The van der Waals surface area contributed by atoms with Crippen LogP contribution in [0.15, 0.2) is 42.5 Å². The van der Waals surface area contributed by atoms with Gasteiger partial charge in [-0.15, -0.1) is 0 Å². The Kier molecular flexibility index (Phi) is 5.49. The molecule has 0 bridgehead atoms. The molecule has 0 atom stereocenters. The molecule has 1 heterocycles. The highest BCUT2D eigenvalue weighted by atomic mass is 127. The van der Waals surface area contributed by atoms with Crippen molar-refractivity contribution in [3.05, 3.63) is 56.1 Å². The number of anilines is 2. The molecule has 2 amide bonds. The number of carbonyl (C=O) groups excluding carboxylic acids is 2. The van der Waals surface area contributed by atoms with E-state index in [1.165, 1.54) is 31.2 Å². The van der Waals surface area contributed by atoms with E-state index in [-0.39, 0.29) is 23.2 Å². The first kappa shape index (κ1) is 19.6. The molecule has 144 valence electrons. The van der Waals surface area contributed by atoms with Gasteiger partial charge in [0.25, 0.3) is 5.69 Å². The zero-order valence-electron chi connectivity index (χ0n) is 14.9. The van der Waals surface area contributed by atoms with Crippen molar-refractivity contribution in [1.29, 1.82) is 0 Å². The largest absolute Gasteiger partial charge is 0.418 e. The van der Waals surface area contributed by atoms with Gasteiger partial charge in [0.05, 0.1) is 16.1 Å². The third-order valence-corrected chi connectivity index (χ3v) is 4.57. The first-order valence-corrected chi connectivity index (χ1v) is 9.13. The fourth-order valence-electron chi connectivity index (χ4n) is 2.74. The summed E-state index contributed by atoms with van der Waals surface area (Å²) < 4.78 is 8.03. The molecule has 2 N–H and O–H groups in total. The van der Waals surface area contributed by atoms with Crippen LogP contribution in [0.1, 0.15) is 6.92 Å². The lowest BCUT2D eigenvalue weighted by Crippen LogP contribution is -2.19. The van der Waals surface area contributed by atoms with Crippen molar-refractivity contribution in [2.45, 2.75) is 6.92 Å². The van der Waals surface area contributed by atoms with Gasteiger partial charge in [-0.05, 0) is 46.9 Å². The Morgan fingerprint density at radius 3 is 2.61 bits per heavy atom. The highest BCUT2D eigenvalue weighted by Crippen LogP contribution is 2.37. The molecule has 0 saturated carbocycles. The molecule has 3 aromatic rings. The van der Waals surface area contributed by atoms with E-state index in [0.717, 1.165) is 14.5 Å². The molecule has 0 spiro atoms. The predicted octanol–water partition coefficient (Wildman–Crippen LogP) is 4.26. The summed E-state index contributed by atoms with van der Waals surface area (Å²) in [5.41, 5.74) is 1.20. The van der Waals surface area contributed by atoms with E-state index in [2.05, 4.69) is 33.2 Å². The van der Waals surface area contributed by atoms with Crippen molar-refractivity contribution < 1.29 is 19.2 Å². The van der Waals surface area contributed by atoms with Crippen LogP contribution in [0.25, 0.3) is 10.9 Å². The van der Waals surface area contributed by atoms with Crippen LogP contribution < -0.4 is 15.4 Å². The standard InChI is InChI=1S/C18H15IN4O5/c1-10(24)20-16-14-8-11(19)6-7-15(14)22(2)17(16)28-18(25)21-12-4-3-5-13(9-12)23(26)27/h3-9H,1-2H3,(H,20,24)(H,21,25). The lowest BCUT2D eigenvalue weighted by Gasteiger charge is -2.10. The van der Waals surface area contributed by atoms with Crippen LogP contribution in [0.4, 0.5) is 21.9 Å². The van der Waals surface area contributed by atoms with Crippen LogP contribution >= 0.6 is 22.6 Å². The van der Waals surface area contributed by atoms with Crippen molar-refractivity contribution in [3.8, 4) is 5.88 Å². The number of nitrogens with one attached hydrogen (secondary N) is 2. The second-order valence-corrected chi connectivity index (χ2v) is 7.15. The van der Waals surface area contributed by atoms with Crippen LogP contribution in [-0.4, -0.2) is 21.5 Å². The zero-order chi connectivity index (χ0) is 20.4. The number of halogens is 1. The van der Waals surface area contributed by atoms with Gasteiger partial charge in [-0.25, -0.2) is 4.79 Å². The molecule has 28 heavy (non-hydrogen) atoms. The SMILES string of the molecule is CC(=O)Nc1c(OC(=O)Nc2cccc([N+](=O)[O-])c2)n(C)c2ccc(I)cc12. The quantitative estimate of drug-likeness (QED) is 0.320. The van der Waals surface area contributed by atoms with E-state index in [1.54, 1.807) is 11.6 Å². The minimum atomic E-state index is -0.840. The lowest BCUT2D eigenvalue weighted by atomic mass is 10.2. The Bertz CT molecular complexity index is 1110. The predicted molar refractivity (Wildman–Crippen MR) is 113 cm³/mol. The monoisotopic (exact) mass is 494 g/mol. The Morgan fingerprint density at radius 1 is 1.18 bits per heavy atom. The van der Waals surface area contributed by atoms with Gasteiger partial charge in [0, 0.05) is 35.1 Å². The van der Waals surface area contributed by atoms with Crippen LogP contribution in [0.2, 0.25) is 0 Å². The zero-order valence-corrected chi connectivity index (χ0v) is 17.0. The Hall–Kier alpha value is -3.15. The maximum atomic E-state index is 12.4. The number of fused-ring (bicyclic) bond motifs is 1. The average Bonchev–Trinajstić information content (AvgIpc) is 2.86. The second-order valence-electron chi connectivity index (χ2n) is 5.90. The molecule has 0 aliphatic carbocycles. The van der Waals surface area contributed by atoms with E-state index < -0.39 is 11.0 Å². The van der Waals surface area contributed by atoms with Crippen molar-refractivity contribution in [3.63, 3.8) is 0 Å². The maximum Gasteiger partial charge on any atom is 0.418 e. The number of ether oxygens (including phenoxy) is 1. The van der Waals surface area contributed by atoms with E-state index in [1.807, 2.05) is 18.2 Å². The maximum absolute atomic E-state index is 12.4. The second kappa shape index (κ2) is 7.84. The highest BCUT2D eigenvalue weighted by Gasteiger charge is 2.21. The number of rotatable bonds is 4. The summed E-state index contributed by atoms with van der Waals surface area (Å²) in [4.78, 5) is 34.3. The van der Waals surface area contributed by atoms with E-state index in [9.17, 15) is 19.7 Å². The number of aryl methyl sites for hydroxylation is 1. The van der Waals surface area contributed by atoms with Gasteiger partial charge in [-0.1, -0.05) is 6.07 Å². The number of amides is 2. The van der Waals surface area contributed by atoms with Gasteiger partial charge < -0.3 is 14.6 Å².